The first-order valence-corrected chi connectivity index (χ1v) is 9.61. The second-order valence-electron chi connectivity index (χ2n) is 5.89. The molecule has 0 aliphatic heterocycles. The number of amides is 1. The van der Waals surface area contributed by atoms with Gasteiger partial charge in [-0.15, -0.1) is 24.5 Å². The number of benzene rings is 2. The molecule has 0 saturated heterocycles. The number of nitrogens with zero attached hydrogens (tertiary/aromatic N) is 1. The molecule has 0 bridgehead atoms. The molecule has 1 amide bonds. The quantitative estimate of drug-likeness (QED) is 0.522. The molecule has 152 valence electrons. The maximum atomic E-state index is 12.2. The maximum Gasteiger partial charge on any atom is 0.573 e. The highest BCUT2D eigenvalue weighted by Gasteiger charge is 2.30. The second kappa shape index (κ2) is 9.15. The number of alkyl halides is 3. The van der Waals surface area contributed by atoms with Gasteiger partial charge in [0.05, 0.1) is 12.1 Å². The molecule has 0 spiro atoms. The van der Waals surface area contributed by atoms with E-state index < -0.39 is 6.36 Å². The van der Waals surface area contributed by atoms with Crippen molar-refractivity contribution < 1.29 is 22.7 Å². The monoisotopic (exact) mass is 441 g/mol. The Hall–Kier alpha value is -2.78. The van der Waals surface area contributed by atoms with E-state index in [1.54, 1.807) is 11.4 Å². The lowest BCUT2D eigenvalue weighted by Gasteiger charge is -2.09. The predicted molar refractivity (Wildman–Crippen MR) is 106 cm³/mol. The van der Waals surface area contributed by atoms with Crippen LogP contribution in [0.4, 0.5) is 24.0 Å². The molecule has 2 aromatic carbocycles. The first-order chi connectivity index (χ1) is 13.8. The third-order valence-electron chi connectivity index (χ3n) is 3.67. The van der Waals surface area contributed by atoms with Gasteiger partial charge in [0.1, 0.15) is 5.75 Å². The summed E-state index contributed by atoms with van der Waals surface area (Å²) in [5.74, 6) is -0.506. The van der Waals surface area contributed by atoms with Gasteiger partial charge in [0.15, 0.2) is 5.13 Å². The van der Waals surface area contributed by atoms with E-state index in [9.17, 15) is 18.0 Å². The number of thiazole rings is 1. The van der Waals surface area contributed by atoms with E-state index in [1.807, 2.05) is 18.2 Å². The van der Waals surface area contributed by atoms with E-state index in [1.165, 1.54) is 35.6 Å². The molecule has 5 nitrogen and oxygen atoms in total. The van der Waals surface area contributed by atoms with Crippen molar-refractivity contribution in [1.82, 2.24) is 10.3 Å². The molecule has 2 N–H and O–H groups in total. The Morgan fingerprint density at radius 1 is 1.14 bits per heavy atom. The fourth-order valence-electron chi connectivity index (χ4n) is 2.37. The third kappa shape index (κ3) is 6.65. The van der Waals surface area contributed by atoms with Crippen LogP contribution in [0.1, 0.15) is 11.3 Å². The van der Waals surface area contributed by atoms with Crippen molar-refractivity contribution in [3.63, 3.8) is 0 Å². The van der Waals surface area contributed by atoms with Gasteiger partial charge in [0.2, 0.25) is 5.91 Å². The van der Waals surface area contributed by atoms with Crippen LogP contribution in [0.15, 0.2) is 53.9 Å². The number of carbonyl (C=O) groups is 1. The predicted octanol–water partition coefficient (Wildman–Crippen LogP) is 5.30. The summed E-state index contributed by atoms with van der Waals surface area (Å²) in [4.78, 5) is 16.4. The van der Waals surface area contributed by atoms with Gasteiger partial charge in [-0.25, -0.2) is 4.98 Å². The van der Waals surface area contributed by atoms with Gasteiger partial charge in [0.25, 0.3) is 0 Å². The highest BCUT2D eigenvalue weighted by molar-refractivity contribution is 7.13. The van der Waals surface area contributed by atoms with Crippen LogP contribution in [0.3, 0.4) is 0 Å². The maximum absolute atomic E-state index is 12.2. The van der Waals surface area contributed by atoms with Gasteiger partial charge in [0, 0.05) is 22.6 Å². The summed E-state index contributed by atoms with van der Waals surface area (Å²) in [6, 6.07) is 12.5. The molecule has 3 rings (SSSR count). The van der Waals surface area contributed by atoms with E-state index in [4.69, 9.17) is 11.6 Å². The van der Waals surface area contributed by atoms with Gasteiger partial charge in [-0.05, 0) is 35.9 Å². The van der Waals surface area contributed by atoms with Crippen LogP contribution in [0, 0.1) is 0 Å². The zero-order valence-corrected chi connectivity index (χ0v) is 16.4. The standard InChI is InChI=1S/C19H15ClF3N3O2S/c20-16-4-2-1-3-12(16)10-24-17(27)9-14-11-29-18(26-14)25-13-5-7-15(8-6-13)28-19(21,22)23/h1-8,11H,9-10H2,(H,24,27)(H,25,26). The Kier molecular flexibility index (Phi) is 6.60. The molecule has 29 heavy (non-hydrogen) atoms. The zero-order chi connectivity index (χ0) is 20.9. The van der Waals surface area contributed by atoms with E-state index in [-0.39, 0.29) is 18.1 Å². The van der Waals surface area contributed by atoms with Crippen LogP contribution in [0.25, 0.3) is 0 Å². The topological polar surface area (TPSA) is 63.2 Å². The SMILES string of the molecule is O=C(Cc1csc(Nc2ccc(OC(F)(F)F)cc2)n1)NCc1ccccc1Cl. The average molecular weight is 442 g/mol. The lowest BCUT2D eigenvalue weighted by atomic mass is 10.2. The normalized spacial score (nSPS) is 11.2. The number of anilines is 2. The van der Waals surface area contributed by atoms with Crippen molar-refractivity contribution in [1.29, 1.82) is 0 Å². The Bertz CT molecular complexity index is 977. The number of hydrogen-bond donors (Lipinski definition) is 2. The van der Waals surface area contributed by atoms with Crippen LogP contribution in [-0.4, -0.2) is 17.3 Å². The van der Waals surface area contributed by atoms with Gasteiger partial charge in [-0.1, -0.05) is 29.8 Å². The molecular formula is C19H15ClF3N3O2S. The van der Waals surface area contributed by atoms with Crippen molar-refractivity contribution in [3.05, 3.63) is 70.2 Å². The minimum absolute atomic E-state index is 0.0982. The van der Waals surface area contributed by atoms with Crippen LogP contribution in [-0.2, 0) is 17.8 Å². The molecular weight excluding hydrogens is 427 g/mol. The Morgan fingerprint density at radius 2 is 1.86 bits per heavy atom. The first-order valence-electron chi connectivity index (χ1n) is 8.36. The van der Waals surface area contributed by atoms with E-state index >= 15 is 0 Å². The minimum atomic E-state index is -4.73. The molecule has 10 heteroatoms. The number of aromatic nitrogens is 1. The Balaban J connectivity index is 1.51. The van der Waals surface area contributed by atoms with Gasteiger partial charge in [-0.2, -0.15) is 0 Å². The number of hydrogen-bond acceptors (Lipinski definition) is 5. The van der Waals surface area contributed by atoms with Gasteiger partial charge < -0.3 is 15.4 Å². The highest BCUT2D eigenvalue weighted by Crippen LogP contribution is 2.26. The largest absolute Gasteiger partial charge is 0.573 e. The van der Waals surface area contributed by atoms with E-state index in [2.05, 4.69) is 20.4 Å². The van der Waals surface area contributed by atoms with Crippen molar-refractivity contribution in [2.24, 2.45) is 0 Å². The van der Waals surface area contributed by atoms with Crippen molar-refractivity contribution in [2.45, 2.75) is 19.3 Å². The third-order valence-corrected chi connectivity index (χ3v) is 4.84. The summed E-state index contributed by atoms with van der Waals surface area (Å²) in [6.07, 6.45) is -4.63. The second-order valence-corrected chi connectivity index (χ2v) is 7.15. The summed E-state index contributed by atoms with van der Waals surface area (Å²) < 4.78 is 40.4. The number of rotatable bonds is 7. The lowest BCUT2D eigenvalue weighted by Crippen LogP contribution is -2.24. The fourth-order valence-corrected chi connectivity index (χ4v) is 3.30. The van der Waals surface area contributed by atoms with Crippen LogP contribution < -0.4 is 15.4 Å². The smallest absolute Gasteiger partial charge is 0.406 e. The van der Waals surface area contributed by atoms with Crippen LogP contribution in [0.2, 0.25) is 5.02 Å². The molecule has 0 aliphatic rings. The van der Waals surface area contributed by atoms with Crippen molar-refractivity contribution in [2.75, 3.05) is 5.32 Å². The molecule has 0 fully saturated rings. The molecule has 0 saturated carbocycles. The van der Waals surface area contributed by atoms with Gasteiger partial charge in [-0.3, -0.25) is 4.79 Å². The lowest BCUT2D eigenvalue weighted by molar-refractivity contribution is -0.274. The van der Waals surface area contributed by atoms with Crippen LogP contribution in [0.5, 0.6) is 5.75 Å². The molecule has 1 heterocycles. The number of ether oxygens (including phenoxy) is 1. The van der Waals surface area contributed by atoms with Gasteiger partial charge >= 0.3 is 6.36 Å². The average Bonchev–Trinajstić information content (AvgIpc) is 3.08. The first kappa shape index (κ1) is 20.9. The van der Waals surface area contributed by atoms with Crippen molar-refractivity contribution in [3.8, 4) is 5.75 Å². The highest BCUT2D eigenvalue weighted by atomic mass is 35.5. The number of carbonyl (C=O) groups excluding carboxylic acids is 1. The summed E-state index contributed by atoms with van der Waals surface area (Å²) in [5, 5.41) is 8.60. The number of halogens is 4. The summed E-state index contributed by atoms with van der Waals surface area (Å²) in [5.41, 5.74) is 1.94. The van der Waals surface area contributed by atoms with E-state index in [0.29, 0.717) is 28.1 Å². The molecule has 0 radical (unpaired) electrons. The summed E-state index contributed by atoms with van der Waals surface area (Å²) in [6.45, 7) is 0.320. The zero-order valence-electron chi connectivity index (χ0n) is 14.8. The molecule has 0 atom stereocenters. The van der Waals surface area contributed by atoms with Crippen LogP contribution >= 0.6 is 22.9 Å². The van der Waals surface area contributed by atoms with E-state index in [0.717, 1.165) is 5.56 Å². The minimum Gasteiger partial charge on any atom is -0.406 e. The molecule has 0 unspecified atom stereocenters. The Morgan fingerprint density at radius 3 is 2.55 bits per heavy atom. The van der Waals surface area contributed by atoms with Crippen molar-refractivity contribution >= 4 is 39.7 Å². The summed E-state index contributed by atoms with van der Waals surface area (Å²) in [7, 11) is 0. The summed E-state index contributed by atoms with van der Waals surface area (Å²) >= 11 is 7.34. The molecule has 3 aromatic rings. The Labute approximate surface area is 173 Å². The molecule has 1 aromatic heterocycles. The number of nitrogens with one attached hydrogen (secondary N) is 2. The molecule has 0 aliphatic carbocycles. The fraction of sp³-hybridized carbons (Fsp3) is 0.158.